The Labute approximate surface area is 152 Å². The topological polar surface area (TPSA) is 74.6 Å². The lowest BCUT2D eigenvalue weighted by Crippen LogP contribution is -2.31. The minimum absolute atomic E-state index is 0.103. The summed E-state index contributed by atoms with van der Waals surface area (Å²) in [6.45, 7) is 2.12. The summed E-state index contributed by atoms with van der Waals surface area (Å²) in [5, 5.41) is 10.5. The molecule has 1 aliphatic rings. The van der Waals surface area contributed by atoms with E-state index in [0.717, 1.165) is 30.2 Å². The molecule has 1 amide bonds. The Morgan fingerprint density at radius 1 is 1.04 bits per heavy atom. The van der Waals surface area contributed by atoms with Gasteiger partial charge in [-0.1, -0.05) is 6.07 Å². The van der Waals surface area contributed by atoms with Gasteiger partial charge in [-0.05, 0) is 55.7 Å². The smallest absolute Gasteiger partial charge is 0.251 e. The lowest BCUT2D eigenvalue weighted by molar-refractivity contribution is 0.0963. The molecule has 7 heteroatoms. The van der Waals surface area contributed by atoms with Gasteiger partial charge in [0.1, 0.15) is 5.82 Å². The van der Waals surface area contributed by atoms with Gasteiger partial charge in [-0.3, -0.25) is 4.79 Å². The molecule has 0 saturated carbocycles. The Bertz CT molecular complexity index is 911. The van der Waals surface area contributed by atoms with Crippen LogP contribution in [0.5, 0.6) is 0 Å². The third kappa shape index (κ3) is 3.20. The van der Waals surface area contributed by atoms with Crippen LogP contribution >= 0.6 is 0 Å². The largest absolute Gasteiger partial charge is 0.357 e. The minimum atomic E-state index is -0.103. The number of carbonyl (C=O) groups is 1. The normalized spacial score (nSPS) is 14.4. The second-order valence-corrected chi connectivity index (χ2v) is 6.42. The lowest BCUT2D eigenvalue weighted by atomic mass is 10.1. The predicted molar refractivity (Wildman–Crippen MR) is 102 cm³/mol. The Kier molecular flexibility index (Phi) is 4.43. The van der Waals surface area contributed by atoms with Crippen LogP contribution in [0.3, 0.4) is 0 Å². The van der Waals surface area contributed by atoms with Gasteiger partial charge in [-0.2, -0.15) is 9.50 Å². The maximum atomic E-state index is 11.6. The van der Waals surface area contributed by atoms with Crippen LogP contribution in [-0.4, -0.2) is 40.6 Å². The highest BCUT2D eigenvalue weighted by Crippen LogP contribution is 2.22. The summed E-state index contributed by atoms with van der Waals surface area (Å²) in [6, 6.07) is 13.3. The van der Waals surface area contributed by atoms with E-state index >= 15 is 0 Å². The van der Waals surface area contributed by atoms with Gasteiger partial charge in [-0.25, -0.2) is 0 Å². The fraction of sp³-hybridized carbons (Fsp3) is 0.316. The van der Waals surface area contributed by atoms with Crippen LogP contribution in [0.4, 0.5) is 17.5 Å². The average molecular weight is 350 g/mol. The maximum Gasteiger partial charge on any atom is 0.251 e. The summed E-state index contributed by atoms with van der Waals surface area (Å²) >= 11 is 0. The van der Waals surface area contributed by atoms with Crippen molar-refractivity contribution in [3.63, 3.8) is 0 Å². The summed E-state index contributed by atoms with van der Waals surface area (Å²) < 4.78 is 1.90. The highest BCUT2D eigenvalue weighted by atomic mass is 16.1. The van der Waals surface area contributed by atoms with Crippen LogP contribution in [-0.2, 0) is 0 Å². The zero-order valence-electron chi connectivity index (χ0n) is 14.8. The van der Waals surface area contributed by atoms with Crippen molar-refractivity contribution in [1.82, 2.24) is 19.9 Å². The van der Waals surface area contributed by atoms with E-state index in [9.17, 15) is 4.79 Å². The highest BCUT2D eigenvalue weighted by Gasteiger charge is 2.15. The van der Waals surface area contributed by atoms with Gasteiger partial charge in [0, 0.05) is 31.4 Å². The van der Waals surface area contributed by atoms with Crippen molar-refractivity contribution in [3.8, 4) is 0 Å². The second-order valence-electron chi connectivity index (χ2n) is 6.42. The van der Waals surface area contributed by atoms with Crippen LogP contribution in [0, 0.1) is 0 Å². The van der Waals surface area contributed by atoms with Gasteiger partial charge in [0.2, 0.25) is 5.95 Å². The number of hydrogen-bond acceptors (Lipinski definition) is 5. The van der Waals surface area contributed by atoms with Gasteiger partial charge >= 0.3 is 0 Å². The molecule has 0 unspecified atom stereocenters. The molecule has 1 saturated heterocycles. The number of nitrogens with one attached hydrogen (secondary N) is 2. The van der Waals surface area contributed by atoms with Crippen LogP contribution < -0.4 is 15.5 Å². The zero-order chi connectivity index (χ0) is 17.9. The van der Waals surface area contributed by atoms with Gasteiger partial charge < -0.3 is 15.5 Å². The van der Waals surface area contributed by atoms with Crippen LogP contribution in [0.25, 0.3) is 5.65 Å². The molecule has 0 atom stereocenters. The standard InChI is InChI=1S/C19H22N6O/c1-20-18(26)14-8-10-15(11-9-14)21-19-22-16-6-5-7-17(25(16)23-19)24-12-3-2-4-13-24/h5-11H,2-4,12-13H2,1H3,(H,20,26)(H,21,23). The van der Waals surface area contributed by atoms with Crippen molar-refractivity contribution < 1.29 is 4.79 Å². The molecule has 134 valence electrons. The van der Waals surface area contributed by atoms with Crippen molar-refractivity contribution in [1.29, 1.82) is 0 Å². The molecule has 0 aliphatic carbocycles. The van der Waals surface area contributed by atoms with Gasteiger partial charge in [-0.15, -0.1) is 5.10 Å². The van der Waals surface area contributed by atoms with Crippen LogP contribution in [0.15, 0.2) is 42.5 Å². The number of pyridine rings is 1. The maximum absolute atomic E-state index is 11.6. The number of amides is 1. The number of piperidine rings is 1. The SMILES string of the molecule is CNC(=O)c1ccc(Nc2nc3cccc(N4CCCCC4)n3n2)cc1. The van der Waals surface area contributed by atoms with E-state index in [1.54, 1.807) is 19.2 Å². The molecule has 3 aromatic rings. The van der Waals surface area contributed by atoms with Crippen LogP contribution in [0.1, 0.15) is 29.6 Å². The third-order valence-corrected chi connectivity index (χ3v) is 4.65. The van der Waals surface area contributed by atoms with Gasteiger partial charge in [0.25, 0.3) is 5.91 Å². The monoisotopic (exact) mass is 350 g/mol. The summed E-state index contributed by atoms with van der Waals surface area (Å²) in [5.41, 5.74) is 2.28. The second kappa shape index (κ2) is 7.03. The summed E-state index contributed by atoms with van der Waals surface area (Å²) in [7, 11) is 1.62. The first-order valence-electron chi connectivity index (χ1n) is 8.94. The molecule has 2 aromatic heterocycles. The van der Waals surface area contributed by atoms with E-state index < -0.39 is 0 Å². The molecule has 0 bridgehead atoms. The molecule has 3 heterocycles. The number of nitrogens with zero attached hydrogens (tertiary/aromatic N) is 4. The summed E-state index contributed by atoms with van der Waals surface area (Å²) in [6.07, 6.45) is 3.73. The quantitative estimate of drug-likeness (QED) is 0.757. The summed E-state index contributed by atoms with van der Waals surface area (Å²) in [4.78, 5) is 18.6. The fourth-order valence-corrected chi connectivity index (χ4v) is 3.29. The van der Waals surface area contributed by atoms with E-state index in [-0.39, 0.29) is 5.91 Å². The Morgan fingerprint density at radius 2 is 1.81 bits per heavy atom. The van der Waals surface area contributed by atoms with Crippen LogP contribution in [0.2, 0.25) is 0 Å². The third-order valence-electron chi connectivity index (χ3n) is 4.65. The van der Waals surface area contributed by atoms with E-state index in [1.807, 2.05) is 28.8 Å². The lowest BCUT2D eigenvalue weighted by Gasteiger charge is -2.28. The first kappa shape index (κ1) is 16.4. The molecule has 1 aromatic carbocycles. The van der Waals surface area contributed by atoms with E-state index in [4.69, 9.17) is 0 Å². The molecule has 0 radical (unpaired) electrons. The average Bonchev–Trinajstić information content (AvgIpc) is 3.11. The Hall–Kier alpha value is -3.09. The molecule has 26 heavy (non-hydrogen) atoms. The molecule has 7 nitrogen and oxygen atoms in total. The number of anilines is 3. The van der Waals surface area contributed by atoms with E-state index in [0.29, 0.717) is 11.5 Å². The predicted octanol–water partition coefficient (Wildman–Crippen LogP) is 2.82. The molecule has 0 spiro atoms. The van der Waals surface area contributed by atoms with Crippen molar-refractivity contribution in [2.45, 2.75) is 19.3 Å². The molecule has 1 aliphatic heterocycles. The van der Waals surface area contributed by atoms with Gasteiger partial charge in [0.15, 0.2) is 5.65 Å². The Morgan fingerprint density at radius 3 is 2.54 bits per heavy atom. The zero-order valence-corrected chi connectivity index (χ0v) is 14.8. The van der Waals surface area contributed by atoms with Gasteiger partial charge in [0.05, 0.1) is 0 Å². The minimum Gasteiger partial charge on any atom is -0.357 e. The number of fused-ring (bicyclic) bond motifs is 1. The molecular formula is C19H22N6O. The van der Waals surface area contributed by atoms with Crippen molar-refractivity contribution in [2.75, 3.05) is 30.4 Å². The number of aromatic nitrogens is 3. The highest BCUT2D eigenvalue weighted by molar-refractivity contribution is 5.94. The first-order chi connectivity index (χ1) is 12.7. The first-order valence-corrected chi connectivity index (χ1v) is 8.94. The van der Waals surface area contributed by atoms with Crippen molar-refractivity contribution in [2.24, 2.45) is 0 Å². The number of benzene rings is 1. The molecular weight excluding hydrogens is 328 g/mol. The summed E-state index contributed by atoms with van der Waals surface area (Å²) in [5.74, 6) is 1.52. The fourth-order valence-electron chi connectivity index (χ4n) is 3.29. The molecule has 1 fully saturated rings. The molecule has 2 N–H and O–H groups in total. The van der Waals surface area contributed by atoms with Crippen molar-refractivity contribution >= 4 is 29.0 Å². The van der Waals surface area contributed by atoms with Crippen molar-refractivity contribution in [3.05, 3.63) is 48.0 Å². The number of rotatable bonds is 4. The number of carbonyl (C=O) groups excluding carboxylic acids is 1. The number of hydrogen-bond donors (Lipinski definition) is 2. The Balaban J connectivity index is 1.58. The van der Waals surface area contributed by atoms with E-state index in [1.165, 1.54) is 19.3 Å². The molecule has 4 rings (SSSR count). The van der Waals surface area contributed by atoms with E-state index in [2.05, 4.69) is 31.7 Å².